The van der Waals surface area contributed by atoms with Crippen LogP contribution in [0.5, 0.6) is 0 Å². The van der Waals surface area contributed by atoms with Gasteiger partial charge in [0.15, 0.2) is 0 Å². The molecule has 2 aliphatic carbocycles. The van der Waals surface area contributed by atoms with Crippen molar-refractivity contribution in [3.63, 3.8) is 0 Å². The van der Waals surface area contributed by atoms with Crippen LogP contribution in [0.1, 0.15) is 116 Å². The van der Waals surface area contributed by atoms with E-state index in [1.807, 2.05) is 0 Å². The van der Waals surface area contributed by atoms with Crippen LogP contribution >= 0.6 is 17.0 Å². The zero-order chi connectivity index (χ0) is 37.7. The van der Waals surface area contributed by atoms with E-state index in [0.29, 0.717) is 0 Å². The van der Waals surface area contributed by atoms with E-state index in [1.54, 1.807) is 5.56 Å². The molecule has 0 heterocycles. The molecule has 0 saturated heterocycles. The Morgan fingerprint density at radius 2 is 0.981 bits per heavy atom. The van der Waals surface area contributed by atoms with Crippen LogP contribution < -0.4 is 0 Å². The quantitative estimate of drug-likeness (QED) is 0.120. The normalized spacial score (nSPS) is 14.7. The first kappa shape index (κ1) is 41.9. The molecule has 0 amide bonds. The Bertz CT molecular complexity index is 1990. The van der Waals surface area contributed by atoms with E-state index in [-0.39, 0.29) is 0 Å². The zero-order valence-electron chi connectivity index (χ0n) is 32.9. The van der Waals surface area contributed by atoms with Crippen molar-refractivity contribution in [2.24, 2.45) is 0 Å². The van der Waals surface area contributed by atoms with E-state index in [1.165, 1.54) is 136 Å². The molecule has 0 aliphatic heterocycles. The summed E-state index contributed by atoms with van der Waals surface area (Å²) < 4.78 is 0. The van der Waals surface area contributed by atoms with Gasteiger partial charge in [-0.2, -0.15) is 12.1 Å². The summed E-state index contributed by atoms with van der Waals surface area (Å²) in [4.78, 5) is 0. The third-order valence-electron chi connectivity index (χ3n) is 11.1. The molecule has 0 bridgehead atoms. The van der Waals surface area contributed by atoms with Crippen molar-refractivity contribution < 1.29 is 20.8 Å². The molecule has 2 fully saturated rings. The number of aryl methyl sites for hydroxylation is 4. The van der Waals surface area contributed by atoms with Gasteiger partial charge in [0.05, 0.1) is 0 Å². The van der Waals surface area contributed by atoms with E-state index >= 15 is 0 Å². The summed E-state index contributed by atoms with van der Waals surface area (Å²) in [7, 11) is 11.0. The summed E-state index contributed by atoms with van der Waals surface area (Å²) in [6.45, 7) is 13.1. The van der Waals surface area contributed by atoms with Crippen LogP contribution in [0.25, 0.3) is 43.8 Å². The van der Waals surface area contributed by atoms with Crippen molar-refractivity contribution in [2.75, 3.05) is 0 Å². The number of hydrogen-bond donors (Lipinski definition) is 0. The fourth-order valence-corrected chi connectivity index (χ4v) is 8.58. The minimum atomic E-state index is -0.826. The number of fused-ring (bicyclic) bond motifs is 2. The number of rotatable bonds is 5. The summed E-state index contributed by atoms with van der Waals surface area (Å²) in [5.41, 5.74) is 14.0. The first-order valence-electron chi connectivity index (χ1n) is 19.9. The van der Waals surface area contributed by atoms with Gasteiger partial charge in [-0.3, -0.25) is 0 Å². The predicted molar refractivity (Wildman–Crippen MR) is 234 cm³/mol. The summed E-state index contributed by atoms with van der Waals surface area (Å²) >= 11 is -0.826. The summed E-state index contributed by atoms with van der Waals surface area (Å²) in [5, 5.41) is 5.55. The van der Waals surface area contributed by atoms with Gasteiger partial charge in [-0.1, -0.05) is 148 Å². The van der Waals surface area contributed by atoms with Crippen molar-refractivity contribution in [3.8, 4) is 22.3 Å². The Morgan fingerprint density at radius 1 is 0.585 bits per heavy atom. The zero-order valence-corrected chi connectivity index (χ0v) is 37.9. The molecule has 0 nitrogen and oxygen atoms in total. The third kappa shape index (κ3) is 11.4. The second-order valence-electron chi connectivity index (χ2n) is 15.4. The molecule has 0 spiro atoms. The summed E-state index contributed by atoms with van der Waals surface area (Å²) in [5.74, 6) is 1.58. The minimum absolute atomic E-state index is 0.788. The van der Waals surface area contributed by atoms with E-state index in [2.05, 4.69) is 138 Å². The molecular formula is C49H58Cl2SiZr. The molecule has 276 valence electrons. The Kier molecular flexibility index (Phi) is 16.8. The Balaban J connectivity index is 0.000000178. The maximum atomic E-state index is 4.93. The van der Waals surface area contributed by atoms with Gasteiger partial charge in [-0.25, -0.2) is 0 Å². The van der Waals surface area contributed by atoms with Gasteiger partial charge in [0, 0.05) is 9.52 Å². The van der Waals surface area contributed by atoms with Gasteiger partial charge in [0.1, 0.15) is 0 Å². The SMILES string of the molecule is CCc1cc2c(-c3ccc(C4CCCCC4)cc3)cc(C)cc2[cH-]1.C[Si]C.Cc1cc(-c2ccc(C3CCCCC3)cc2)c2cc(C)[cH-]c2c1.[Cl][Zr+2][Cl]. The monoisotopic (exact) mass is 834 g/mol. The van der Waals surface area contributed by atoms with E-state index in [4.69, 9.17) is 17.0 Å². The van der Waals surface area contributed by atoms with Gasteiger partial charge < -0.3 is 0 Å². The van der Waals surface area contributed by atoms with Gasteiger partial charge >= 0.3 is 37.9 Å². The molecule has 8 rings (SSSR count). The standard InChI is InChI=1S/C24H27.C23H25.C2H6Si.2ClH.Zr/c1-3-18-15-22-13-17(2)14-23(24(22)16-18)21-11-9-20(10-12-21)19-7-5-4-6-8-19;1-16-12-21-13-17(2)15-23(21)22(14-16)20-10-8-19(9-11-20)18-6-4-3-5-7-18;1-3-2;;;/h9-16,19H,3-8H2,1-2H3;8-15,18H,3-7H2,1-2H3;1-2H3;2*1H;/q2*-1;;;;+4/p-2. The number of benzene rings is 4. The van der Waals surface area contributed by atoms with Gasteiger partial charge in [-0.05, 0) is 80.0 Å². The molecule has 2 radical (unpaired) electrons. The van der Waals surface area contributed by atoms with Gasteiger partial charge in [-0.15, -0.1) is 56.9 Å². The molecule has 2 aliphatic rings. The van der Waals surface area contributed by atoms with E-state index in [0.717, 1.165) is 27.8 Å². The van der Waals surface area contributed by atoms with Crippen LogP contribution in [0.2, 0.25) is 13.1 Å². The molecule has 0 aromatic heterocycles. The van der Waals surface area contributed by atoms with Crippen molar-refractivity contribution in [1.82, 2.24) is 0 Å². The molecule has 6 aromatic rings. The van der Waals surface area contributed by atoms with Crippen LogP contribution in [0.3, 0.4) is 0 Å². The van der Waals surface area contributed by atoms with Gasteiger partial charge in [0.25, 0.3) is 0 Å². The third-order valence-corrected chi connectivity index (χ3v) is 11.1. The van der Waals surface area contributed by atoms with Crippen LogP contribution in [-0.4, -0.2) is 9.52 Å². The van der Waals surface area contributed by atoms with Crippen molar-refractivity contribution in [1.29, 1.82) is 0 Å². The summed E-state index contributed by atoms with van der Waals surface area (Å²) in [6.07, 6.45) is 15.0. The average molecular weight is 837 g/mol. The summed E-state index contributed by atoms with van der Waals surface area (Å²) in [6, 6.07) is 37.5. The van der Waals surface area contributed by atoms with Crippen LogP contribution in [-0.2, 0) is 27.3 Å². The van der Waals surface area contributed by atoms with Crippen molar-refractivity contribution in [3.05, 3.63) is 130 Å². The average Bonchev–Trinajstić information content (AvgIpc) is 3.78. The first-order valence-corrected chi connectivity index (χ1v) is 28.2. The molecule has 53 heavy (non-hydrogen) atoms. The van der Waals surface area contributed by atoms with E-state index in [9.17, 15) is 0 Å². The second-order valence-corrected chi connectivity index (χ2v) is 20.1. The van der Waals surface area contributed by atoms with E-state index < -0.39 is 20.8 Å². The second kappa shape index (κ2) is 21.2. The van der Waals surface area contributed by atoms with Crippen LogP contribution in [0.4, 0.5) is 0 Å². The molecule has 2 saturated carbocycles. The molecule has 0 unspecified atom stereocenters. The molecule has 0 atom stereocenters. The molecular weight excluding hydrogens is 779 g/mol. The fourth-order valence-electron chi connectivity index (χ4n) is 8.58. The van der Waals surface area contributed by atoms with Gasteiger partial charge in [0.2, 0.25) is 0 Å². The Labute approximate surface area is 342 Å². The number of halogens is 2. The Hall–Kier alpha value is -2.22. The first-order chi connectivity index (χ1) is 25.8. The predicted octanol–water partition coefficient (Wildman–Crippen LogP) is 16.2. The van der Waals surface area contributed by atoms with Crippen molar-refractivity contribution in [2.45, 2.75) is 123 Å². The fraction of sp³-hybridized carbons (Fsp3) is 0.388. The molecule has 0 N–H and O–H groups in total. The topological polar surface area (TPSA) is 0 Å². The Morgan fingerprint density at radius 3 is 1.40 bits per heavy atom. The maximum absolute atomic E-state index is 4.93. The number of hydrogen-bond acceptors (Lipinski definition) is 0. The van der Waals surface area contributed by atoms with Crippen LogP contribution in [0, 0.1) is 20.8 Å². The van der Waals surface area contributed by atoms with Crippen LogP contribution in [0.15, 0.2) is 97.1 Å². The van der Waals surface area contributed by atoms with Crippen molar-refractivity contribution >= 4 is 48.1 Å². The molecule has 6 aromatic carbocycles. The molecule has 4 heteroatoms.